The van der Waals surface area contributed by atoms with E-state index in [1.54, 1.807) is 0 Å². The van der Waals surface area contributed by atoms with Gasteiger partial charge in [-0.15, -0.1) is 0 Å². The van der Waals surface area contributed by atoms with Gasteiger partial charge in [0.05, 0.1) is 5.41 Å². The molecule has 310 valence electrons. The van der Waals surface area contributed by atoms with Crippen LogP contribution in [-0.4, -0.2) is 0 Å². The molecule has 2 aliphatic rings. The van der Waals surface area contributed by atoms with Gasteiger partial charge in [-0.3, -0.25) is 0 Å². The highest BCUT2D eigenvalue weighted by Gasteiger charge is 2.48. The Morgan fingerprint density at radius 1 is 0.303 bits per heavy atom. The lowest BCUT2D eigenvalue weighted by atomic mass is 9.67. The SMILES string of the molecule is Cc1cccc(N(c2cccc(C)c2)c2ccc3c(c2)C(c2ccccc2)(c2ccccc2)c2cc4c5c(cccc5c2-3)-c2c-4c(-c3ccccc3)c3ccccc3c2-c2ccccc2)c1. The molecule has 0 amide bonds. The first-order valence-electron chi connectivity index (χ1n) is 23.1. The molecule has 0 atom stereocenters. The first kappa shape index (κ1) is 38.2. The van der Waals surface area contributed by atoms with Crippen LogP contribution in [0.15, 0.2) is 237 Å². The van der Waals surface area contributed by atoms with Crippen LogP contribution in [0.3, 0.4) is 0 Å². The molecule has 0 aliphatic heterocycles. The van der Waals surface area contributed by atoms with E-state index in [1.807, 2.05) is 0 Å². The lowest BCUT2D eigenvalue weighted by Gasteiger charge is -2.35. The second kappa shape index (κ2) is 14.9. The summed E-state index contributed by atoms with van der Waals surface area (Å²) in [5, 5.41) is 5.14. The summed E-state index contributed by atoms with van der Waals surface area (Å²) in [5.74, 6) is 0. The molecule has 0 heterocycles. The van der Waals surface area contributed by atoms with Crippen LogP contribution in [0.2, 0.25) is 0 Å². The van der Waals surface area contributed by atoms with Crippen LogP contribution < -0.4 is 4.90 Å². The molecular weight excluding hydrogens is 795 g/mol. The van der Waals surface area contributed by atoms with Crippen molar-refractivity contribution in [3.63, 3.8) is 0 Å². The molecule has 0 saturated heterocycles. The second-order valence-corrected chi connectivity index (χ2v) is 18.1. The Morgan fingerprint density at radius 3 is 1.32 bits per heavy atom. The van der Waals surface area contributed by atoms with Crippen LogP contribution >= 0.6 is 0 Å². The molecule has 66 heavy (non-hydrogen) atoms. The molecule has 0 unspecified atom stereocenters. The summed E-state index contributed by atoms with van der Waals surface area (Å²) >= 11 is 0. The number of anilines is 3. The molecule has 0 fully saturated rings. The normalized spacial score (nSPS) is 12.8. The fraction of sp³-hybridized carbons (Fsp3) is 0.0462. The smallest absolute Gasteiger partial charge is 0.0714 e. The molecule has 11 aromatic carbocycles. The third-order valence-corrected chi connectivity index (χ3v) is 14.3. The van der Waals surface area contributed by atoms with Crippen LogP contribution in [0.25, 0.3) is 77.2 Å². The van der Waals surface area contributed by atoms with Crippen LogP contribution in [0.4, 0.5) is 17.1 Å². The van der Waals surface area contributed by atoms with Crippen molar-refractivity contribution in [3.05, 3.63) is 270 Å². The third-order valence-electron chi connectivity index (χ3n) is 14.3. The summed E-state index contributed by atoms with van der Waals surface area (Å²) in [4.78, 5) is 2.44. The van der Waals surface area contributed by atoms with E-state index in [0.717, 1.165) is 17.1 Å². The minimum atomic E-state index is -0.649. The molecular formula is C65H45N. The number of hydrogen-bond acceptors (Lipinski definition) is 1. The quantitative estimate of drug-likeness (QED) is 0.155. The number of aryl methyl sites for hydroxylation is 2. The van der Waals surface area contributed by atoms with Crippen LogP contribution in [0.5, 0.6) is 0 Å². The van der Waals surface area contributed by atoms with E-state index in [2.05, 4.69) is 255 Å². The first-order chi connectivity index (χ1) is 32.6. The maximum absolute atomic E-state index is 2.61. The zero-order valence-electron chi connectivity index (χ0n) is 37.0. The van der Waals surface area contributed by atoms with Gasteiger partial charge in [-0.25, -0.2) is 0 Å². The Balaban J connectivity index is 1.19. The number of rotatable bonds is 7. The molecule has 13 rings (SSSR count). The Kier molecular flexibility index (Phi) is 8.63. The molecule has 0 radical (unpaired) electrons. The topological polar surface area (TPSA) is 3.24 Å². The number of benzene rings is 11. The molecule has 2 aliphatic carbocycles. The van der Waals surface area contributed by atoms with Gasteiger partial charge >= 0.3 is 0 Å². The van der Waals surface area contributed by atoms with Gasteiger partial charge in [-0.05, 0) is 167 Å². The predicted octanol–water partition coefficient (Wildman–Crippen LogP) is 17.4. The summed E-state index contributed by atoms with van der Waals surface area (Å²) in [6.45, 7) is 4.36. The zero-order chi connectivity index (χ0) is 43.9. The monoisotopic (exact) mass is 839 g/mol. The fourth-order valence-corrected chi connectivity index (χ4v) is 11.8. The van der Waals surface area contributed by atoms with Crippen LogP contribution in [0.1, 0.15) is 33.4 Å². The number of hydrogen-bond donors (Lipinski definition) is 0. The van der Waals surface area contributed by atoms with Crippen molar-refractivity contribution in [1.82, 2.24) is 0 Å². The predicted molar refractivity (Wildman–Crippen MR) is 278 cm³/mol. The van der Waals surface area contributed by atoms with Gasteiger partial charge in [0.2, 0.25) is 0 Å². The average molecular weight is 840 g/mol. The summed E-state index contributed by atoms with van der Waals surface area (Å²) in [6.07, 6.45) is 0. The molecule has 0 bridgehead atoms. The standard InChI is InChI=1S/C65H45N/c1-42-20-17-30-48(38-42)66(49-31-18-21-43(2)39-49)50-36-37-53-57(40-50)65(46-26-11-5-12-27-46,47-28-13-6-14-29-47)58-41-56-61-54(62(53)58)34-19-35-55(61)63-59(44-22-7-3-8-23-44)51-32-15-16-33-52(51)60(64(56)63)45-24-9-4-10-25-45/h3-41H,1-2H3. The highest BCUT2D eigenvalue weighted by molar-refractivity contribution is 6.29. The van der Waals surface area contributed by atoms with Gasteiger partial charge in [-0.2, -0.15) is 0 Å². The van der Waals surface area contributed by atoms with E-state index in [4.69, 9.17) is 0 Å². The third kappa shape index (κ3) is 5.53. The maximum atomic E-state index is 2.61. The van der Waals surface area contributed by atoms with E-state index in [-0.39, 0.29) is 0 Å². The minimum absolute atomic E-state index is 0.649. The second-order valence-electron chi connectivity index (χ2n) is 18.1. The van der Waals surface area contributed by atoms with Crippen molar-refractivity contribution in [3.8, 4) is 55.6 Å². The van der Waals surface area contributed by atoms with Crippen molar-refractivity contribution >= 4 is 38.6 Å². The highest BCUT2D eigenvalue weighted by Crippen LogP contribution is 2.64. The van der Waals surface area contributed by atoms with Crippen molar-refractivity contribution in [1.29, 1.82) is 0 Å². The Hall–Kier alpha value is -8.26. The Bertz CT molecular complexity index is 3620. The molecule has 11 aromatic rings. The van der Waals surface area contributed by atoms with Crippen LogP contribution in [0, 0.1) is 13.8 Å². The summed E-state index contributed by atoms with van der Waals surface area (Å²) < 4.78 is 0. The number of fused-ring (bicyclic) bond motifs is 8. The summed E-state index contributed by atoms with van der Waals surface area (Å²) in [6, 6.07) is 88.5. The van der Waals surface area contributed by atoms with Gasteiger partial charge in [0.25, 0.3) is 0 Å². The lowest BCUT2D eigenvalue weighted by molar-refractivity contribution is 0.769. The summed E-state index contributed by atoms with van der Waals surface area (Å²) in [5.41, 5.74) is 23.1. The van der Waals surface area contributed by atoms with Gasteiger partial charge in [-0.1, -0.05) is 194 Å². The largest absolute Gasteiger partial charge is 0.310 e. The van der Waals surface area contributed by atoms with E-state index in [1.165, 1.54) is 111 Å². The fourth-order valence-electron chi connectivity index (χ4n) is 11.8. The molecule has 1 heteroatoms. The number of nitrogens with zero attached hydrogens (tertiary/aromatic N) is 1. The molecule has 0 N–H and O–H groups in total. The summed E-state index contributed by atoms with van der Waals surface area (Å²) in [7, 11) is 0. The van der Waals surface area contributed by atoms with E-state index < -0.39 is 5.41 Å². The molecule has 1 nitrogen and oxygen atoms in total. The maximum Gasteiger partial charge on any atom is 0.0714 e. The van der Waals surface area contributed by atoms with Crippen LogP contribution in [-0.2, 0) is 5.41 Å². The molecule has 0 saturated carbocycles. The zero-order valence-corrected chi connectivity index (χ0v) is 37.0. The van der Waals surface area contributed by atoms with Crippen molar-refractivity contribution in [2.24, 2.45) is 0 Å². The van der Waals surface area contributed by atoms with Crippen molar-refractivity contribution in [2.45, 2.75) is 19.3 Å². The van der Waals surface area contributed by atoms with E-state index >= 15 is 0 Å². The van der Waals surface area contributed by atoms with Gasteiger partial charge < -0.3 is 4.90 Å². The Morgan fingerprint density at radius 2 is 0.773 bits per heavy atom. The lowest BCUT2D eigenvalue weighted by Crippen LogP contribution is -2.29. The van der Waals surface area contributed by atoms with Gasteiger partial charge in [0.1, 0.15) is 0 Å². The van der Waals surface area contributed by atoms with Gasteiger partial charge in [0, 0.05) is 17.1 Å². The Labute approximate surface area is 386 Å². The van der Waals surface area contributed by atoms with Crippen molar-refractivity contribution < 1.29 is 0 Å². The highest BCUT2D eigenvalue weighted by atomic mass is 15.1. The van der Waals surface area contributed by atoms with Crippen molar-refractivity contribution in [2.75, 3.05) is 4.90 Å². The minimum Gasteiger partial charge on any atom is -0.310 e. The van der Waals surface area contributed by atoms with E-state index in [9.17, 15) is 0 Å². The molecule has 0 aromatic heterocycles. The first-order valence-corrected chi connectivity index (χ1v) is 23.1. The molecule has 0 spiro atoms. The van der Waals surface area contributed by atoms with E-state index in [0.29, 0.717) is 0 Å². The van der Waals surface area contributed by atoms with Gasteiger partial charge in [0.15, 0.2) is 0 Å². The average Bonchev–Trinajstić information content (AvgIpc) is 3.85.